The van der Waals surface area contributed by atoms with Gasteiger partial charge in [0.15, 0.2) is 5.69 Å². The highest BCUT2D eigenvalue weighted by Gasteiger charge is 2.23. The lowest BCUT2D eigenvalue weighted by molar-refractivity contribution is -0.136. The maximum absolute atomic E-state index is 12.2. The number of rotatable bonds is 5. The van der Waals surface area contributed by atoms with Crippen LogP contribution in [-0.4, -0.2) is 64.7 Å². The van der Waals surface area contributed by atoms with E-state index in [9.17, 15) is 9.59 Å². The van der Waals surface area contributed by atoms with Crippen LogP contribution < -0.4 is 0 Å². The topological polar surface area (TPSA) is 86.5 Å². The Morgan fingerprint density at radius 1 is 1.38 bits per heavy atom. The van der Waals surface area contributed by atoms with E-state index in [1.54, 1.807) is 11.8 Å². The largest absolute Gasteiger partial charge is 0.461 e. The molecule has 1 saturated heterocycles. The normalized spacial score (nSPS) is 15.0. The van der Waals surface area contributed by atoms with Gasteiger partial charge >= 0.3 is 5.97 Å². The van der Waals surface area contributed by atoms with Crippen LogP contribution in [0, 0.1) is 0 Å². The number of nitrogens with zero attached hydrogens (tertiary/aromatic N) is 4. The summed E-state index contributed by atoms with van der Waals surface area (Å²) in [5.41, 5.74) is 0.443. The van der Waals surface area contributed by atoms with Crippen molar-refractivity contribution in [3.63, 3.8) is 0 Å². The molecule has 0 N–H and O–H groups in total. The average Bonchev–Trinajstić information content (AvgIpc) is 2.91. The Kier molecular flexibility index (Phi) is 5.51. The number of ether oxygens (including phenoxy) is 2. The zero-order valence-corrected chi connectivity index (χ0v) is 12.5. The molecule has 0 bridgehead atoms. The summed E-state index contributed by atoms with van der Waals surface area (Å²) in [5, 5.41) is 7.59. The summed E-state index contributed by atoms with van der Waals surface area (Å²) in [5.74, 6) is -0.666. The van der Waals surface area contributed by atoms with Crippen molar-refractivity contribution in [2.75, 3.05) is 32.9 Å². The molecule has 1 aliphatic rings. The van der Waals surface area contributed by atoms with Crippen molar-refractivity contribution in [3.05, 3.63) is 11.4 Å². The quantitative estimate of drug-likeness (QED) is 0.563. The van der Waals surface area contributed by atoms with E-state index in [0.29, 0.717) is 32.0 Å². The Morgan fingerprint density at radius 3 is 2.71 bits per heavy atom. The second kappa shape index (κ2) is 7.37. The minimum atomic E-state index is -0.585. The van der Waals surface area contributed by atoms with E-state index >= 15 is 0 Å². The van der Waals surface area contributed by atoms with E-state index < -0.39 is 5.97 Å². The molecule has 116 valence electrons. The van der Waals surface area contributed by atoms with E-state index in [2.05, 4.69) is 10.3 Å². The lowest BCUT2D eigenvalue weighted by Crippen LogP contribution is -2.42. The van der Waals surface area contributed by atoms with Crippen molar-refractivity contribution in [2.45, 2.75) is 19.3 Å². The lowest BCUT2D eigenvalue weighted by Gasteiger charge is -2.26. The van der Waals surface area contributed by atoms with Crippen LogP contribution in [0.2, 0.25) is 0 Å². The molecule has 2 rings (SSSR count). The molecule has 9 heteroatoms. The fourth-order valence-corrected chi connectivity index (χ4v) is 2.26. The first-order valence-electron chi connectivity index (χ1n) is 6.68. The molecule has 0 spiro atoms. The van der Waals surface area contributed by atoms with E-state index in [-0.39, 0.29) is 30.6 Å². The summed E-state index contributed by atoms with van der Waals surface area (Å²) in [7, 11) is 0. The van der Waals surface area contributed by atoms with Gasteiger partial charge in [-0.25, -0.2) is 9.48 Å². The number of morpholine rings is 1. The van der Waals surface area contributed by atoms with Gasteiger partial charge in [0, 0.05) is 13.1 Å². The molecule has 1 fully saturated rings. The third-order valence-electron chi connectivity index (χ3n) is 3.08. The van der Waals surface area contributed by atoms with Crippen LogP contribution >= 0.6 is 11.6 Å². The Balaban J connectivity index is 2.09. The SMILES string of the molecule is CCOC(=O)c1nnn(CC(=O)N2CCOCC2)c1CCl. The molecule has 0 unspecified atom stereocenters. The highest BCUT2D eigenvalue weighted by molar-refractivity contribution is 6.17. The van der Waals surface area contributed by atoms with Crippen molar-refractivity contribution in [2.24, 2.45) is 0 Å². The molecule has 1 aliphatic heterocycles. The van der Waals surface area contributed by atoms with Gasteiger partial charge in [-0.05, 0) is 6.92 Å². The summed E-state index contributed by atoms with van der Waals surface area (Å²) in [4.78, 5) is 25.6. The fourth-order valence-electron chi connectivity index (χ4n) is 1.99. The number of alkyl halides is 1. The molecular formula is C12H17ClN4O4. The van der Waals surface area contributed by atoms with Crippen molar-refractivity contribution in [1.82, 2.24) is 19.9 Å². The van der Waals surface area contributed by atoms with Gasteiger partial charge in [0.2, 0.25) is 5.91 Å². The molecule has 0 atom stereocenters. The van der Waals surface area contributed by atoms with E-state index in [1.165, 1.54) is 4.68 Å². The zero-order valence-electron chi connectivity index (χ0n) is 11.7. The second-order valence-corrected chi connectivity index (χ2v) is 4.66. The maximum atomic E-state index is 12.2. The maximum Gasteiger partial charge on any atom is 0.360 e. The van der Waals surface area contributed by atoms with Crippen LogP contribution in [0.25, 0.3) is 0 Å². The summed E-state index contributed by atoms with van der Waals surface area (Å²) in [6, 6.07) is 0. The van der Waals surface area contributed by atoms with Gasteiger partial charge in [-0.15, -0.1) is 16.7 Å². The summed E-state index contributed by atoms with van der Waals surface area (Å²) in [6.07, 6.45) is 0. The van der Waals surface area contributed by atoms with Crippen LogP contribution in [0.1, 0.15) is 23.1 Å². The summed E-state index contributed by atoms with van der Waals surface area (Å²) < 4.78 is 11.4. The van der Waals surface area contributed by atoms with Gasteiger partial charge in [0.1, 0.15) is 6.54 Å². The fraction of sp³-hybridized carbons (Fsp3) is 0.667. The first-order valence-corrected chi connectivity index (χ1v) is 7.21. The third-order valence-corrected chi connectivity index (χ3v) is 3.33. The van der Waals surface area contributed by atoms with Crippen molar-refractivity contribution in [3.8, 4) is 0 Å². The monoisotopic (exact) mass is 316 g/mol. The molecule has 2 heterocycles. The lowest BCUT2D eigenvalue weighted by atomic mass is 10.3. The Morgan fingerprint density at radius 2 is 2.10 bits per heavy atom. The Hall–Kier alpha value is -1.67. The predicted octanol–water partition coefficient (Wildman–Crippen LogP) is 0.0524. The molecule has 1 aromatic heterocycles. The van der Waals surface area contributed by atoms with Crippen LogP contribution in [0.3, 0.4) is 0 Å². The van der Waals surface area contributed by atoms with Gasteiger partial charge in [-0.2, -0.15) is 0 Å². The summed E-state index contributed by atoms with van der Waals surface area (Å²) in [6.45, 7) is 4.08. The number of carbonyl (C=O) groups excluding carboxylic acids is 2. The molecule has 21 heavy (non-hydrogen) atoms. The van der Waals surface area contributed by atoms with Gasteiger partial charge in [-0.3, -0.25) is 4.79 Å². The van der Waals surface area contributed by atoms with Crippen LogP contribution in [-0.2, 0) is 26.7 Å². The van der Waals surface area contributed by atoms with Crippen LogP contribution in [0.4, 0.5) is 0 Å². The van der Waals surface area contributed by atoms with Crippen molar-refractivity contribution >= 4 is 23.5 Å². The van der Waals surface area contributed by atoms with E-state index in [0.717, 1.165) is 0 Å². The second-order valence-electron chi connectivity index (χ2n) is 4.39. The van der Waals surface area contributed by atoms with E-state index in [1.807, 2.05) is 0 Å². The highest BCUT2D eigenvalue weighted by atomic mass is 35.5. The van der Waals surface area contributed by atoms with Gasteiger partial charge in [0.05, 0.1) is 31.4 Å². The summed E-state index contributed by atoms with van der Waals surface area (Å²) >= 11 is 5.84. The van der Waals surface area contributed by atoms with Gasteiger partial charge < -0.3 is 14.4 Å². The zero-order chi connectivity index (χ0) is 15.2. The standard InChI is InChI=1S/C12H17ClN4O4/c1-2-21-12(19)11-9(7-13)17(15-14-11)8-10(18)16-3-5-20-6-4-16/h2-8H2,1H3. The predicted molar refractivity (Wildman–Crippen MR) is 72.9 cm³/mol. The molecular weight excluding hydrogens is 300 g/mol. The van der Waals surface area contributed by atoms with E-state index in [4.69, 9.17) is 21.1 Å². The van der Waals surface area contributed by atoms with Gasteiger partial charge in [-0.1, -0.05) is 5.21 Å². The van der Waals surface area contributed by atoms with Crippen molar-refractivity contribution < 1.29 is 19.1 Å². The number of aromatic nitrogens is 3. The number of esters is 1. The number of hydrogen-bond acceptors (Lipinski definition) is 6. The number of amides is 1. The Labute approximate surface area is 126 Å². The van der Waals surface area contributed by atoms with Crippen LogP contribution in [0.5, 0.6) is 0 Å². The number of halogens is 1. The Bertz CT molecular complexity index is 513. The molecule has 0 saturated carbocycles. The van der Waals surface area contributed by atoms with Crippen LogP contribution in [0.15, 0.2) is 0 Å². The minimum absolute atomic E-state index is 0.00550. The molecule has 0 radical (unpaired) electrons. The minimum Gasteiger partial charge on any atom is -0.461 e. The smallest absolute Gasteiger partial charge is 0.360 e. The molecule has 8 nitrogen and oxygen atoms in total. The van der Waals surface area contributed by atoms with Gasteiger partial charge in [0.25, 0.3) is 0 Å². The molecule has 1 aromatic rings. The number of carbonyl (C=O) groups is 2. The first kappa shape index (κ1) is 15.7. The molecule has 1 amide bonds. The molecule has 0 aromatic carbocycles. The molecule has 0 aliphatic carbocycles. The third kappa shape index (κ3) is 3.70. The number of hydrogen-bond donors (Lipinski definition) is 0. The van der Waals surface area contributed by atoms with Crippen molar-refractivity contribution in [1.29, 1.82) is 0 Å². The first-order chi connectivity index (χ1) is 10.2. The highest BCUT2D eigenvalue weighted by Crippen LogP contribution is 2.11. The average molecular weight is 317 g/mol.